The summed E-state index contributed by atoms with van der Waals surface area (Å²) in [4.78, 5) is 33.5. The van der Waals surface area contributed by atoms with E-state index < -0.39 is 0 Å². The predicted molar refractivity (Wildman–Crippen MR) is 147 cm³/mol. The Balaban J connectivity index is 1.32. The molecule has 0 bridgehead atoms. The third kappa shape index (κ3) is 4.69. The number of carbonyl (C=O) groups is 2. The molecule has 0 aliphatic carbocycles. The first-order chi connectivity index (χ1) is 17.3. The Morgan fingerprint density at radius 1 is 0.944 bits per heavy atom. The monoisotopic (exact) mass is 495 g/mol. The Hall–Kier alpha value is -3.77. The molecule has 1 N–H and O–H groups in total. The van der Waals surface area contributed by atoms with E-state index in [0.29, 0.717) is 18.1 Å². The molecule has 0 fully saturated rings. The predicted octanol–water partition coefficient (Wildman–Crippen LogP) is 6.43. The average Bonchev–Trinajstić information content (AvgIpc) is 3.43. The molecule has 6 heteroatoms. The van der Waals surface area contributed by atoms with Gasteiger partial charge in [-0.2, -0.15) is 0 Å². The van der Waals surface area contributed by atoms with Crippen molar-refractivity contribution in [1.82, 2.24) is 4.98 Å². The smallest absolute Gasteiger partial charge is 0.258 e. The summed E-state index contributed by atoms with van der Waals surface area (Å²) < 4.78 is 0. The van der Waals surface area contributed by atoms with E-state index in [1.807, 2.05) is 67.3 Å². The summed E-state index contributed by atoms with van der Waals surface area (Å²) in [6.07, 6.45) is 1.13. The van der Waals surface area contributed by atoms with Gasteiger partial charge >= 0.3 is 0 Å². The molecule has 3 aromatic carbocycles. The van der Waals surface area contributed by atoms with Gasteiger partial charge in [-0.3, -0.25) is 9.59 Å². The fourth-order valence-electron chi connectivity index (χ4n) is 4.70. The van der Waals surface area contributed by atoms with Gasteiger partial charge in [0.15, 0.2) is 5.13 Å². The lowest BCUT2D eigenvalue weighted by molar-refractivity contribution is -0.115. The molecule has 4 aromatic rings. The number of nitrogens with zero attached hydrogens (tertiary/aromatic N) is 2. The SMILES string of the molecule is Cc1ccc(CC(=O)Nc2nc(-c3ccc4c(c3)CCN4C(=O)c3ccccc3C)c(C)s2)cc1C. The van der Waals surface area contributed by atoms with Gasteiger partial charge in [0.25, 0.3) is 5.91 Å². The number of anilines is 2. The van der Waals surface area contributed by atoms with Crippen molar-refractivity contribution in [3.05, 3.63) is 98.9 Å². The van der Waals surface area contributed by atoms with Crippen LogP contribution in [0.1, 0.15) is 43.1 Å². The highest BCUT2D eigenvalue weighted by molar-refractivity contribution is 7.16. The Labute approximate surface area is 215 Å². The third-order valence-electron chi connectivity index (χ3n) is 6.85. The molecule has 1 aliphatic heterocycles. The van der Waals surface area contributed by atoms with Crippen molar-refractivity contribution in [3.8, 4) is 11.3 Å². The summed E-state index contributed by atoms with van der Waals surface area (Å²) in [5.41, 5.74) is 9.09. The van der Waals surface area contributed by atoms with Gasteiger partial charge in [0.2, 0.25) is 5.91 Å². The molecule has 2 heterocycles. The molecule has 0 saturated carbocycles. The zero-order chi connectivity index (χ0) is 25.4. The Bertz CT molecular complexity index is 1490. The standard InChI is InChI=1S/C30H29N3O2S/c1-18-9-10-22(15-20(18)3)16-27(34)31-30-32-28(21(4)36-30)24-11-12-26-23(17-24)13-14-33(26)29(35)25-8-6-5-7-19(25)2/h5-12,15,17H,13-14,16H2,1-4H3,(H,31,32,34). The molecule has 1 aliphatic rings. The quantitative estimate of drug-likeness (QED) is 0.347. The first kappa shape index (κ1) is 23.9. The van der Waals surface area contributed by atoms with Crippen molar-refractivity contribution in [2.24, 2.45) is 0 Å². The van der Waals surface area contributed by atoms with Gasteiger partial charge in [-0.25, -0.2) is 4.98 Å². The number of hydrogen-bond acceptors (Lipinski definition) is 4. The number of thiazole rings is 1. The lowest BCUT2D eigenvalue weighted by atomic mass is 10.0. The topological polar surface area (TPSA) is 62.3 Å². The lowest BCUT2D eigenvalue weighted by Crippen LogP contribution is -2.29. The highest BCUT2D eigenvalue weighted by Gasteiger charge is 2.27. The van der Waals surface area contributed by atoms with Gasteiger partial charge in [0.05, 0.1) is 12.1 Å². The zero-order valence-electron chi connectivity index (χ0n) is 21.0. The van der Waals surface area contributed by atoms with Crippen LogP contribution in [-0.4, -0.2) is 23.3 Å². The second-order valence-electron chi connectivity index (χ2n) is 9.43. The van der Waals surface area contributed by atoms with E-state index >= 15 is 0 Å². The summed E-state index contributed by atoms with van der Waals surface area (Å²) >= 11 is 1.48. The summed E-state index contributed by atoms with van der Waals surface area (Å²) in [6.45, 7) is 8.78. The molecule has 2 amide bonds. The van der Waals surface area contributed by atoms with Crippen LogP contribution < -0.4 is 10.2 Å². The number of hydrogen-bond donors (Lipinski definition) is 1. The molecule has 0 spiro atoms. The van der Waals surface area contributed by atoms with E-state index in [9.17, 15) is 9.59 Å². The van der Waals surface area contributed by atoms with Crippen molar-refractivity contribution in [1.29, 1.82) is 0 Å². The van der Waals surface area contributed by atoms with Crippen LogP contribution in [0.5, 0.6) is 0 Å². The number of amides is 2. The van der Waals surface area contributed by atoms with Crippen LogP contribution in [0, 0.1) is 27.7 Å². The fourth-order valence-corrected chi connectivity index (χ4v) is 5.55. The Kier molecular flexibility index (Phi) is 6.46. The number of carbonyl (C=O) groups excluding carboxylic acids is 2. The second kappa shape index (κ2) is 9.70. The molecule has 0 saturated heterocycles. The lowest BCUT2D eigenvalue weighted by Gasteiger charge is -2.18. The fraction of sp³-hybridized carbons (Fsp3) is 0.233. The molecule has 0 radical (unpaired) electrons. The minimum absolute atomic E-state index is 0.0400. The van der Waals surface area contributed by atoms with Crippen LogP contribution in [0.15, 0.2) is 60.7 Å². The van der Waals surface area contributed by atoms with E-state index in [-0.39, 0.29) is 11.8 Å². The number of benzene rings is 3. The summed E-state index contributed by atoms with van der Waals surface area (Å²) in [7, 11) is 0. The number of fused-ring (bicyclic) bond motifs is 1. The Morgan fingerprint density at radius 2 is 1.75 bits per heavy atom. The van der Waals surface area contributed by atoms with Crippen molar-refractivity contribution in [3.63, 3.8) is 0 Å². The van der Waals surface area contributed by atoms with E-state index in [0.717, 1.165) is 50.5 Å². The maximum Gasteiger partial charge on any atom is 0.258 e. The van der Waals surface area contributed by atoms with Crippen molar-refractivity contribution in [2.45, 2.75) is 40.5 Å². The van der Waals surface area contributed by atoms with E-state index in [1.54, 1.807) is 0 Å². The van der Waals surface area contributed by atoms with E-state index in [1.165, 1.54) is 22.5 Å². The summed E-state index contributed by atoms with van der Waals surface area (Å²) in [5.74, 6) is -0.0314. The van der Waals surface area contributed by atoms with Crippen molar-refractivity contribution < 1.29 is 9.59 Å². The normalized spacial score (nSPS) is 12.5. The van der Waals surface area contributed by atoms with Crippen LogP contribution in [-0.2, 0) is 17.6 Å². The van der Waals surface area contributed by atoms with Crippen molar-refractivity contribution in [2.75, 3.05) is 16.8 Å². The molecular weight excluding hydrogens is 466 g/mol. The minimum Gasteiger partial charge on any atom is -0.308 e. The molecule has 36 heavy (non-hydrogen) atoms. The maximum atomic E-state index is 13.2. The van der Waals surface area contributed by atoms with Gasteiger partial charge in [-0.1, -0.05) is 42.5 Å². The van der Waals surface area contributed by atoms with Crippen LogP contribution >= 0.6 is 11.3 Å². The number of rotatable bonds is 5. The van der Waals surface area contributed by atoms with E-state index in [2.05, 4.69) is 31.3 Å². The van der Waals surface area contributed by atoms with Gasteiger partial charge < -0.3 is 10.2 Å². The number of aryl methyl sites for hydroxylation is 4. The van der Waals surface area contributed by atoms with Crippen molar-refractivity contribution >= 4 is 34.0 Å². The summed E-state index contributed by atoms with van der Waals surface area (Å²) in [5, 5.41) is 3.57. The number of nitrogens with one attached hydrogen (secondary N) is 1. The van der Waals surface area contributed by atoms with E-state index in [4.69, 9.17) is 4.98 Å². The highest BCUT2D eigenvalue weighted by atomic mass is 32.1. The molecule has 182 valence electrons. The van der Waals surface area contributed by atoms with Gasteiger partial charge in [0.1, 0.15) is 0 Å². The average molecular weight is 496 g/mol. The van der Waals surface area contributed by atoms with Crippen LogP contribution in [0.2, 0.25) is 0 Å². The highest BCUT2D eigenvalue weighted by Crippen LogP contribution is 2.36. The van der Waals surface area contributed by atoms with Crippen LogP contribution in [0.25, 0.3) is 11.3 Å². The third-order valence-corrected chi connectivity index (χ3v) is 7.73. The molecule has 1 aromatic heterocycles. The first-order valence-electron chi connectivity index (χ1n) is 12.1. The molecule has 5 nitrogen and oxygen atoms in total. The zero-order valence-corrected chi connectivity index (χ0v) is 21.8. The minimum atomic E-state index is -0.0714. The molecule has 0 unspecified atom stereocenters. The van der Waals surface area contributed by atoms with Crippen LogP contribution in [0.4, 0.5) is 10.8 Å². The van der Waals surface area contributed by atoms with Gasteiger partial charge in [0, 0.05) is 28.2 Å². The molecule has 0 atom stereocenters. The largest absolute Gasteiger partial charge is 0.308 e. The first-order valence-corrected chi connectivity index (χ1v) is 13.0. The van der Waals surface area contributed by atoms with Gasteiger partial charge in [-0.15, -0.1) is 11.3 Å². The summed E-state index contributed by atoms with van der Waals surface area (Å²) in [6, 6.07) is 20.0. The second-order valence-corrected chi connectivity index (χ2v) is 10.6. The Morgan fingerprint density at radius 3 is 2.53 bits per heavy atom. The molecule has 5 rings (SSSR count). The van der Waals surface area contributed by atoms with Gasteiger partial charge in [-0.05, 0) is 80.1 Å². The number of aromatic nitrogens is 1. The molecular formula is C30H29N3O2S. The van der Waals surface area contributed by atoms with Crippen LogP contribution in [0.3, 0.4) is 0 Å². The maximum absolute atomic E-state index is 13.2.